The molecule has 106 valence electrons. The van der Waals surface area contributed by atoms with Crippen molar-refractivity contribution in [1.29, 1.82) is 5.41 Å². The van der Waals surface area contributed by atoms with Crippen molar-refractivity contribution in [2.45, 2.75) is 18.6 Å². The Morgan fingerprint density at radius 1 is 1.45 bits per heavy atom. The van der Waals surface area contributed by atoms with Gasteiger partial charge in [-0.1, -0.05) is 12.1 Å². The average Bonchev–Trinajstić information content (AvgIpc) is 2.99. The van der Waals surface area contributed by atoms with E-state index in [1.54, 1.807) is 18.9 Å². The van der Waals surface area contributed by atoms with Gasteiger partial charge in [0.05, 0.1) is 19.6 Å². The summed E-state index contributed by atoms with van der Waals surface area (Å²) in [5, 5.41) is 7.82. The van der Waals surface area contributed by atoms with Crippen LogP contribution < -0.4 is 4.74 Å². The van der Waals surface area contributed by atoms with Crippen LogP contribution in [0.1, 0.15) is 5.56 Å². The summed E-state index contributed by atoms with van der Waals surface area (Å²) in [6, 6.07) is 7.44. The number of nitrogens with zero attached hydrogens (tertiary/aromatic N) is 1. The molecule has 20 heavy (non-hydrogen) atoms. The highest BCUT2D eigenvalue weighted by molar-refractivity contribution is 7.99. The van der Waals surface area contributed by atoms with Gasteiger partial charge in [-0.2, -0.15) is 11.8 Å². The minimum atomic E-state index is -0.0739. The Bertz CT molecular complexity index is 532. The van der Waals surface area contributed by atoms with E-state index in [-0.39, 0.29) is 30.5 Å². The van der Waals surface area contributed by atoms with Crippen LogP contribution in [0.3, 0.4) is 0 Å². The lowest BCUT2D eigenvalue weighted by atomic mass is 10.1. The summed E-state index contributed by atoms with van der Waals surface area (Å²) in [6.45, 7) is 0. The third-order valence-electron chi connectivity index (χ3n) is 3.60. The van der Waals surface area contributed by atoms with Crippen molar-refractivity contribution in [2.24, 2.45) is 0 Å². The maximum absolute atomic E-state index is 12.4. The minimum Gasteiger partial charge on any atom is -0.497 e. The summed E-state index contributed by atoms with van der Waals surface area (Å²) in [7, 11) is 1.61. The van der Waals surface area contributed by atoms with Crippen molar-refractivity contribution in [1.82, 2.24) is 4.90 Å². The molecule has 1 amide bonds. The topological polar surface area (TPSA) is 62.6 Å². The fraction of sp³-hybridized carbons (Fsp3) is 0.429. The van der Waals surface area contributed by atoms with E-state index in [1.807, 2.05) is 24.3 Å². The zero-order chi connectivity index (χ0) is 14.1. The molecule has 2 aliphatic rings. The number of thioether (sulfide) groups is 1. The summed E-state index contributed by atoms with van der Waals surface area (Å²) in [5.41, 5.74) is 0.915. The Hall–Kier alpha value is -1.69. The molecule has 2 atom stereocenters. The Morgan fingerprint density at radius 3 is 2.90 bits per heavy atom. The molecule has 0 saturated carbocycles. The lowest BCUT2D eigenvalue weighted by molar-refractivity contribution is -0.127. The standard InChI is InChI=1S/C14H16N2O3S/c1-18-10-4-2-9(3-5-10)6-13(17)16-11-7-20-8-12(11)19-14(16)15/h2-5,11-12,15H,6-8H2,1H3/t11-,12+/m0/s1. The van der Waals surface area contributed by atoms with E-state index < -0.39 is 0 Å². The van der Waals surface area contributed by atoms with Gasteiger partial charge in [0.15, 0.2) is 0 Å². The molecule has 2 aliphatic heterocycles. The number of amides is 1. The first-order valence-corrected chi connectivity index (χ1v) is 7.62. The molecule has 3 rings (SSSR count). The van der Waals surface area contributed by atoms with Crippen LogP contribution in [0.25, 0.3) is 0 Å². The van der Waals surface area contributed by atoms with Crippen molar-refractivity contribution in [3.05, 3.63) is 29.8 Å². The lowest BCUT2D eigenvalue weighted by Gasteiger charge is -2.19. The van der Waals surface area contributed by atoms with Crippen LogP contribution in [0.5, 0.6) is 5.75 Å². The van der Waals surface area contributed by atoms with E-state index in [9.17, 15) is 4.79 Å². The first-order valence-electron chi connectivity index (χ1n) is 6.47. The van der Waals surface area contributed by atoms with Gasteiger partial charge in [-0.15, -0.1) is 0 Å². The van der Waals surface area contributed by atoms with E-state index in [0.29, 0.717) is 0 Å². The third kappa shape index (κ3) is 2.35. The molecule has 6 heteroatoms. The smallest absolute Gasteiger partial charge is 0.292 e. The van der Waals surface area contributed by atoms with Crippen LogP contribution in [0.15, 0.2) is 24.3 Å². The predicted molar refractivity (Wildman–Crippen MR) is 77.3 cm³/mol. The average molecular weight is 292 g/mol. The van der Waals surface area contributed by atoms with Crippen molar-refractivity contribution < 1.29 is 14.3 Å². The Kier molecular flexibility index (Phi) is 3.56. The van der Waals surface area contributed by atoms with Gasteiger partial charge < -0.3 is 9.47 Å². The first kappa shape index (κ1) is 13.3. The molecule has 0 spiro atoms. The lowest BCUT2D eigenvalue weighted by Crippen LogP contribution is -2.42. The predicted octanol–water partition coefficient (Wildman–Crippen LogP) is 1.52. The molecule has 0 aliphatic carbocycles. The number of hydrogen-bond donors (Lipinski definition) is 1. The molecular weight excluding hydrogens is 276 g/mol. The van der Waals surface area contributed by atoms with Crippen molar-refractivity contribution >= 4 is 23.7 Å². The molecule has 0 aromatic heterocycles. The quantitative estimate of drug-likeness (QED) is 0.917. The molecule has 0 radical (unpaired) electrons. The van der Waals surface area contributed by atoms with Gasteiger partial charge in [-0.05, 0) is 17.7 Å². The van der Waals surface area contributed by atoms with Gasteiger partial charge in [-0.3, -0.25) is 15.1 Å². The SMILES string of the molecule is COc1ccc(CC(=O)N2C(=N)O[C@@H]3CSC[C@@H]32)cc1. The molecule has 1 aromatic carbocycles. The summed E-state index contributed by atoms with van der Waals surface area (Å²) in [5.74, 6) is 2.40. The highest BCUT2D eigenvalue weighted by Gasteiger charge is 2.45. The number of carbonyl (C=O) groups is 1. The molecule has 2 fully saturated rings. The van der Waals surface area contributed by atoms with Crippen LogP contribution in [-0.2, 0) is 16.0 Å². The van der Waals surface area contributed by atoms with Crippen LogP contribution in [0.4, 0.5) is 0 Å². The minimum absolute atomic E-state index is 0.00110. The monoisotopic (exact) mass is 292 g/mol. The van der Waals surface area contributed by atoms with Gasteiger partial charge in [0.2, 0.25) is 5.91 Å². The number of hydrogen-bond acceptors (Lipinski definition) is 5. The highest BCUT2D eigenvalue weighted by Crippen LogP contribution is 2.31. The first-order chi connectivity index (χ1) is 9.69. The largest absolute Gasteiger partial charge is 0.497 e. The van der Waals surface area contributed by atoms with Crippen LogP contribution in [0.2, 0.25) is 0 Å². The number of nitrogens with one attached hydrogen (secondary N) is 1. The zero-order valence-electron chi connectivity index (χ0n) is 11.2. The van der Waals surface area contributed by atoms with E-state index in [0.717, 1.165) is 22.8 Å². The second-order valence-electron chi connectivity index (χ2n) is 4.85. The van der Waals surface area contributed by atoms with Crippen molar-refractivity contribution in [3.63, 3.8) is 0 Å². The van der Waals surface area contributed by atoms with Crippen LogP contribution >= 0.6 is 11.8 Å². The normalized spacial score (nSPS) is 24.4. The van der Waals surface area contributed by atoms with Crippen LogP contribution in [-0.4, -0.2) is 47.6 Å². The second kappa shape index (κ2) is 5.36. The molecule has 5 nitrogen and oxygen atoms in total. The van der Waals surface area contributed by atoms with Crippen molar-refractivity contribution in [2.75, 3.05) is 18.6 Å². The van der Waals surface area contributed by atoms with E-state index in [1.165, 1.54) is 4.90 Å². The summed E-state index contributed by atoms with van der Waals surface area (Å²) >= 11 is 1.77. The van der Waals surface area contributed by atoms with E-state index in [2.05, 4.69) is 0 Å². The van der Waals surface area contributed by atoms with Gasteiger partial charge in [0, 0.05) is 11.5 Å². The number of methoxy groups -OCH3 is 1. The Balaban J connectivity index is 1.70. The number of rotatable bonds is 3. The highest BCUT2D eigenvalue weighted by atomic mass is 32.2. The number of amidine groups is 1. The summed E-state index contributed by atoms with van der Waals surface area (Å²) in [4.78, 5) is 13.9. The molecular formula is C14H16N2O3S. The molecule has 1 aromatic rings. The van der Waals surface area contributed by atoms with Gasteiger partial charge in [0.1, 0.15) is 11.9 Å². The molecule has 1 N–H and O–H groups in total. The maximum atomic E-state index is 12.4. The number of benzene rings is 1. The fourth-order valence-corrected chi connectivity index (χ4v) is 3.79. The number of fused-ring (bicyclic) bond motifs is 1. The van der Waals surface area contributed by atoms with E-state index in [4.69, 9.17) is 14.9 Å². The molecule has 2 heterocycles. The maximum Gasteiger partial charge on any atom is 0.292 e. The van der Waals surface area contributed by atoms with Crippen molar-refractivity contribution in [3.8, 4) is 5.75 Å². The Labute approximate surface area is 121 Å². The van der Waals surface area contributed by atoms with Gasteiger partial charge in [-0.25, -0.2) is 0 Å². The third-order valence-corrected chi connectivity index (χ3v) is 4.74. The molecule has 2 saturated heterocycles. The molecule has 0 bridgehead atoms. The summed E-state index contributed by atoms with van der Waals surface area (Å²) in [6.07, 6.45) is 0.274. The Morgan fingerprint density at radius 2 is 2.20 bits per heavy atom. The summed E-state index contributed by atoms with van der Waals surface area (Å²) < 4.78 is 10.5. The second-order valence-corrected chi connectivity index (χ2v) is 5.93. The van der Waals surface area contributed by atoms with Gasteiger partial charge >= 0.3 is 0 Å². The number of ether oxygens (including phenoxy) is 2. The fourth-order valence-electron chi connectivity index (χ4n) is 2.53. The number of carbonyl (C=O) groups excluding carboxylic acids is 1. The van der Waals surface area contributed by atoms with Gasteiger partial charge in [0.25, 0.3) is 6.02 Å². The molecule has 0 unspecified atom stereocenters. The van der Waals surface area contributed by atoms with Crippen LogP contribution in [0, 0.1) is 5.41 Å². The zero-order valence-corrected chi connectivity index (χ0v) is 12.0. The van der Waals surface area contributed by atoms with E-state index >= 15 is 0 Å².